The minimum absolute atomic E-state index is 0.787. The number of benzene rings is 1. The summed E-state index contributed by atoms with van der Waals surface area (Å²) in [5, 5.41) is 0. The monoisotopic (exact) mass is 195 g/mol. The Bertz CT molecular complexity index is 209. The minimum atomic E-state index is 0.787. The van der Waals surface area contributed by atoms with Crippen LogP contribution >= 0.6 is 0 Å². The molecule has 2 nitrogen and oxygen atoms in total. The Morgan fingerprint density at radius 3 is 1.79 bits per heavy atom. The second-order valence-electron chi connectivity index (χ2n) is 2.05. The van der Waals surface area contributed by atoms with Gasteiger partial charge in [-0.2, -0.15) is 0 Å². The lowest BCUT2D eigenvalue weighted by Crippen LogP contribution is -2.12. The Morgan fingerprint density at radius 2 is 1.43 bits per heavy atom. The van der Waals surface area contributed by atoms with E-state index in [-0.39, 0.29) is 0 Å². The average molecular weight is 195 g/mol. The van der Waals surface area contributed by atoms with E-state index in [1.54, 1.807) is 7.05 Å². The zero-order valence-electron chi connectivity index (χ0n) is 9.82. The molecule has 0 aliphatic carbocycles. The first-order chi connectivity index (χ1) is 6.84. The van der Waals surface area contributed by atoms with Gasteiger partial charge in [-0.05, 0) is 12.1 Å². The molecule has 0 aliphatic rings. The summed E-state index contributed by atoms with van der Waals surface area (Å²) in [6, 6.07) is 9.48. The Kier molecular flexibility index (Phi) is 12.7. The van der Waals surface area contributed by atoms with Gasteiger partial charge in [0.25, 0.3) is 0 Å². The van der Waals surface area contributed by atoms with Crippen LogP contribution in [0.3, 0.4) is 0 Å². The van der Waals surface area contributed by atoms with E-state index >= 15 is 0 Å². The molecule has 0 N–H and O–H groups in total. The number of carbonyl (C=O) groups is 1. The molecule has 0 saturated carbocycles. The van der Waals surface area contributed by atoms with E-state index in [0.29, 0.717) is 0 Å². The Balaban J connectivity index is 0. The summed E-state index contributed by atoms with van der Waals surface area (Å²) in [5.41, 5.74) is 0.914. The lowest BCUT2D eigenvalue weighted by atomic mass is 10.3. The van der Waals surface area contributed by atoms with Gasteiger partial charge in [0.15, 0.2) is 0 Å². The van der Waals surface area contributed by atoms with E-state index in [0.717, 1.165) is 12.1 Å². The summed E-state index contributed by atoms with van der Waals surface area (Å²) >= 11 is 0. The third-order valence-electron chi connectivity index (χ3n) is 1.32. The van der Waals surface area contributed by atoms with Crippen molar-refractivity contribution in [2.45, 2.75) is 27.7 Å². The fourth-order valence-electron chi connectivity index (χ4n) is 0.724. The van der Waals surface area contributed by atoms with Crippen molar-refractivity contribution in [3.63, 3.8) is 0 Å². The number of hydrogen-bond donors (Lipinski definition) is 0. The van der Waals surface area contributed by atoms with E-state index in [4.69, 9.17) is 0 Å². The number of para-hydroxylation sites is 1. The van der Waals surface area contributed by atoms with Crippen molar-refractivity contribution in [1.82, 2.24) is 0 Å². The summed E-state index contributed by atoms with van der Waals surface area (Å²) in [7, 11) is 1.72. The molecule has 0 aliphatic heterocycles. The van der Waals surface area contributed by atoms with Gasteiger partial charge in [0.05, 0.1) is 0 Å². The molecule has 14 heavy (non-hydrogen) atoms. The molecule has 1 aromatic carbocycles. The van der Waals surface area contributed by atoms with Crippen LogP contribution in [-0.4, -0.2) is 13.5 Å². The fraction of sp³-hybridized carbons (Fsp3) is 0.417. The Morgan fingerprint density at radius 1 is 1.00 bits per heavy atom. The van der Waals surface area contributed by atoms with Gasteiger partial charge in [0.1, 0.15) is 0 Å². The maximum atomic E-state index is 10.2. The van der Waals surface area contributed by atoms with Gasteiger partial charge in [-0.15, -0.1) is 0 Å². The number of hydrogen-bond acceptors (Lipinski definition) is 1. The summed E-state index contributed by atoms with van der Waals surface area (Å²) in [5.74, 6) is 0. The maximum absolute atomic E-state index is 10.2. The van der Waals surface area contributed by atoms with Crippen molar-refractivity contribution in [3.05, 3.63) is 30.3 Å². The predicted octanol–water partition coefficient (Wildman–Crippen LogP) is 3.33. The van der Waals surface area contributed by atoms with Crippen LogP contribution in [0, 0.1) is 0 Å². The van der Waals surface area contributed by atoms with Crippen molar-refractivity contribution in [1.29, 1.82) is 0 Å². The largest absolute Gasteiger partial charge is 0.318 e. The third-order valence-corrected chi connectivity index (χ3v) is 1.32. The number of rotatable bonds is 2. The molecule has 0 atom stereocenters. The molecule has 0 heterocycles. The number of amides is 1. The molecule has 0 radical (unpaired) electrons. The summed E-state index contributed by atoms with van der Waals surface area (Å²) < 4.78 is 0. The highest BCUT2D eigenvalue weighted by Gasteiger charge is 1.93. The van der Waals surface area contributed by atoms with Crippen LogP contribution in [-0.2, 0) is 4.79 Å². The Labute approximate surface area is 87.6 Å². The second kappa shape index (κ2) is 11.7. The second-order valence-corrected chi connectivity index (χ2v) is 2.05. The fourth-order valence-corrected chi connectivity index (χ4v) is 0.724. The van der Waals surface area contributed by atoms with Gasteiger partial charge in [-0.3, -0.25) is 4.79 Å². The van der Waals surface area contributed by atoms with Crippen LogP contribution in [0.1, 0.15) is 27.7 Å². The SMILES string of the molecule is CC.CC.CN(C=O)c1ccccc1. The molecule has 0 fully saturated rings. The predicted molar refractivity (Wildman–Crippen MR) is 63.6 cm³/mol. The van der Waals surface area contributed by atoms with E-state index in [1.165, 1.54) is 4.90 Å². The van der Waals surface area contributed by atoms with Crippen LogP contribution in [0.4, 0.5) is 5.69 Å². The zero-order chi connectivity index (χ0) is 11.4. The molecule has 1 amide bonds. The van der Waals surface area contributed by atoms with E-state index < -0.39 is 0 Å². The topological polar surface area (TPSA) is 20.3 Å². The van der Waals surface area contributed by atoms with Crippen molar-refractivity contribution in [2.75, 3.05) is 11.9 Å². The highest BCUT2D eigenvalue weighted by Crippen LogP contribution is 2.07. The normalized spacial score (nSPS) is 7.21. The van der Waals surface area contributed by atoms with Gasteiger partial charge in [0, 0.05) is 12.7 Å². The van der Waals surface area contributed by atoms with Gasteiger partial charge < -0.3 is 4.90 Å². The standard InChI is InChI=1S/C8H9NO.2C2H6/c1-9(7-10)8-5-3-2-4-6-8;2*1-2/h2-7H,1H3;2*1-2H3. The molecular weight excluding hydrogens is 174 g/mol. The molecule has 80 valence electrons. The number of nitrogens with zero attached hydrogens (tertiary/aromatic N) is 1. The first-order valence-corrected chi connectivity index (χ1v) is 5.08. The lowest BCUT2D eigenvalue weighted by molar-refractivity contribution is -0.107. The minimum Gasteiger partial charge on any atom is -0.318 e. The smallest absolute Gasteiger partial charge is 0.213 e. The Hall–Kier alpha value is -1.31. The third kappa shape index (κ3) is 6.23. The quantitative estimate of drug-likeness (QED) is 0.663. The van der Waals surface area contributed by atoms with Gasteiger partial charge in [-0.25, -0.2) is 0 Å². The molecule has 1 rings (SSSR count). The molecule has 2 heteroatoms. The molecule has 0 spiro atoms. The van der Waals surface area contributed by atoms with Gasteiger partial charge >= 0.3 is 0 Å². The molecular formula is C12H21NO. The van der Waals surface area contributed by atoms with Crippen molar-refractivity contribution >= 4 is 12.1 Å². The van der Waals surface area contributed by atoms with Crippen LogP contribution in [0.15, 0.2) is 30.3 Å². The van der Waals surface area contributed by atoms with E-state index in [2.05, 4.69) is 0 Å². The summed E-state index contributed by atoms with van der Waals surface area (Å²) in [6.45, 7) is 8.00. The van der Waals surface area contributed by atoms with Crippen LogP contribution in [0.2, 0.25) is 0 Å². The van der Waals surface area contributed by atoms with E-state index in [9.17, 15) is 4.79 Å². The maximum Gasteiger partial charge on any atom is 0.213 e. The first kappa shape index (κ1) is 15.2. The average Bonchev–Trinajstić information content (AvgIpc) is 2.34. The van der Waals surface area contributed by atoms with Crippen LogP contribution < -0.4 is 4.90 Å². The van der Waals surface area contributed by atoms with Gasteiger partial charge in [-0.1, -0.05) is 45.9 Å². The van der Waals surface area contributed by atoms with E-state index in [1.807, 2.05) is 58.0 Å². The molecule has 0 unspecified atom stereocenters. The molecule has 0 bridgehead atoms. The van der Waals surface area contributed by atoms with Crippen molar-refractivity contribution < 1.29 is 4.79 Å². The zero-order valence-corrected chi connectivity index (χ0v) is 9.82. The summed E-state index contributed by atoms with van der Waals surface area (Å²) in [6.07, 6.45) is 0.787. The van der Waals surface area contributed by atoms with Crippen LogP contribution in [0.25, 0.3) is 0 Å². The highest BCUT2D eigenvalue weighted by molar-refractivity contribution is 5.73. The lowest BCUT2D eigenvalue weighted by Gasteiger charge is -2.08. The number of carbonyl (C=O) groups excluding carboxylic acids is 1. The highest BCUT2D eigenvalue weighted by atomic mass is 16.1. The summed E-state index contributed by atoms with van der Waals surface area (Å²) in [4.78, 5) is 11.8. The molecule has 0 aromatic heterocycles. The first-order valence-electron chi connectivity index (χ1n) is 5.08. The van der Waals surface area contributed by atoms with Crippen molar-refractivity contribution in [3.8, 4) is 0 Å². The van der Waals surface area contributed by atoms with Gasteiger partial charge in [0.2, 0.25) is 6.41 Å². The van der Waals surface area contributed by atoms with Crippen molar-refractivity contribution in [2.24, 2.45) is 0 Å². The van der Waals surface area contributed by atoms with Crippen LogP contribution in [0.5, 0.6) is 0 Å². The molecule has 1 aromatic rings. The number of anilines is 1. The molecule has 0 saturated heterocycles.